The van der Waals surface area contributed by atoms with Crippen LogP contribution in [0.3, 0.4) is 0 Å². The van der Waals surface area contributed by atoms with Crippen LogP contribution in [0.4, 0.5) is 5.13 Å². The number of nitrogens with zero attached hydrogens (tertiary/aromatic N) is 4. The van der Waals surface area contributed by atoms with Gasteiger partial charge in [0, 0.05) is 31.4 Å². The maximum Gasteiger partial charge on any atom is 0.269 e. The van der Waals surface area contributed by atoms with E-state index in [1.54, 1.807) is 26.4 Å². The molecule has 0 radical (unpaired) electrons. The van der Waals surface area contributed by atoms with Gasteiger partial charge in [-0.15, -0.1) is 10.2 Å². The van der Waals surface area contributed by atoms with E-state index in [1.165, 1.54) is 0 Å². The second-order valence-corrected chi connectivity index (χ2v) is 7.99. The van der Waals surface area contributed by atoms with Crippen molar-refractivity contribution in [3.05, 3.63) is 18.7 Å². The maximum atomic E-state index is 12.1. The molecule has 126 valence electrons. The number of carbonyl (C=O) groups is 1. The summed E-state index contributed by atoms with van der Waals surface area (Å²) in [5.41, 5.74) is 0. The summed E-state index contributed by atoms with van der Waals surface area (Å²) in [6.07, 6.45) is 5.76. The number of anilines is 1. The highest BCUT2D eigenvalue weighted by Gasteiger charge is 2.20. The van der Waals surface area contributed by atoms with E-state index in [-0.39, 0.29) is 27.8 Å². The van der Waals surface area contributed by atoms with E-state index < -0.39 is 10.0 Å². The monoisotopic (exact) mass is 358 g/mol. The Morgan fingerprint density at radius 2 is 2.17 bits per heavy atom. The Hall–Kier alpha value is -1.85. The van der Waals surface area contributed by atoms with Gasteiger partial charge in [-0.05, 0) is 6.42 Å². The number of rotatable bonds is 8. The molecule has 0 unspecified atom stereocenters. The predicted molar refractivity (Wildman–Crippen MR) is 85.4 cm³/mol. The van der Waals surface area contributed by atoms with Crippen LogP contribution in [-0.4, -0.2) is 40.6 Å². The average molecular weight is 358 g/mol. The SMILES string of the molecule is CC(C)C(=O)Nc1nnc(S(=O)(=O)NCCCn2ccnc2)s1. The van der Waals surface area contributed by atoms with Crippen LogP contribution in [0.25, 0.3) is 0 Å². The highest BCUT2D eigenvalue weighted by atomic mass is 32.2. The molecule has 23 heavy (non-hydrogen) atoms. The number of amides is 1. The van der Waals surface area contributed by atoms with Crippen molar-refractivity contribution in [1.29, 1.82) is 0 Å². The minimum atomic E-state index is -3.72. The van der Waals surface area contributed by atoms with E-state index in [1.807, 2.05) is 10.8 Å². The van der Waals surface area contributed by atoms with Gasteiger partial charge in [-0.1, -0.05) is 25.2 Å². The first-order valence-electron chi connectivity index (χ1n) is 6.98. The van der Waals surface area contributed by atoms with E-state index in [0.29, 0.717) is 13.0 Å². The first-order chi connectivity index (χ1) is 10.9. The molecule has 0 saturated carbocycles. The van der Waals surface area contributed by atoms with E-state index in [4.69, 9.17) is 0 Å². The molecule has 0 aliphatic heterocycles. The molecule has 1 amide bonds. The van der Waals surface area contributed by atoms with Crippen molar-refractivity contribution in [2.75, 3.05) is 11.9 Å². The zero-order valence-electron chi connectivity index (χ0n) is 12.8. The topological polar surface area (TPSA) is 119 Å². The fourth-order valence-corrected chi connectivity index (χ4v) is 3.59. The lowest BCUT2D eigenvalue weighted by Gasteiger charge is -2.04. The van der Waals surface area contributed by atoms with Crippen LogP contribution in [0.15, 0.2) is 23.1 Å². The van der Waals surface area contributed by atoms with E-state index in [9.17, 15) is 13.2 Å². The van der Waals surface area contributed by atoms with Crippen molar-refractivity contribution in [1.82, 2.24) is 24.5 Å². The Labute approximate surface area is 138 Å². The largest absolute Gasteiger partial charge is 0.337 e. The minimum Gasteiger partial charge on any atom is -0.337 e. The van der Waals surface area contributed by atoms with Crippen LogP contribution < -0.4 is 10.0 Å². The predicted octanol–water partition coefficient (Wildman–Crippen LogP) is 0.698. The summed E-state index contributed by atoms with van der Waals surface area (Å²) in [6, 6.07) is 0. The Kier molecular flexibility index (Phi) is 5.80. The third-order valence-corrected chi connectivity index (χ3v) is 5.50. The summed E-state index contributed by atoms with van der Waals surface area (Å²) in [5, 5.41) is 9.99. The molecule has 0 aliphatic carbocycles. The number of aryl methyl sites for hydroxylation is 1. The third kappa shape index (κ3) is 5.08. The fourth-order valence-electron chi connectivity index (χ4n) is 1.57. The molecular formula is C12H18N6O3S2. The smallest absolute Gasteiger partial charge is 0.269 e. The van der Waals surface area contributed by atoms with Crippen LogP contribution in [0.2, 0.25) is 0 Å². The number of hydrogen-bond acceptors (Lipinski definition) is 7. The Balaban J connectivity index is 1.86. The Morgan fingerprint density at radius 3 is 2.83 bits per heavy atom. The van der Waals surface area contributed by atoms with Crippen LogP contribution in [0, 0.1) is 5.92 Å². The summed E-state index contributed by atoms with van der Waals surface area (Å²) in [6.45, 7) is 4.40. The average Bonchev–Trinajstić information content (AvgIpc) is 3.15. The van der Waals surface area contributed by atoms with Gasteiger partial charge in [0.25, 0.3) is 10.0 Å². The lowest BCUT2D eigenvalue weighted by atomic mass is 10.2. The Bertz CT molecular complexity index is 739. The summed E-state index contributed by atoms with van der Waals surface area (Å²) in [7, 11) is -3.72. The molecule has 2 rings (SSSR count). The Morgan fingerprint density at radius 1 is 1.39 bits per heavy atom. The molecule has 2 aromatic heterocycles. The number of sulfonamides is 1. The third-order valence-electron chi connectivity index (χ3n) is 2.84. The quantitative estimate of drug-likeness (QED) is 0.529. The highest BCUT2D eigenvalue weighted by Crippen LogP contribution is 2.20. The van der Waals surface area contributed by atoms with Crippen molar-refractivity contribution in [2.24, 2.45) is 5.92 Å². The molecule has 2 N–H and O–H groups in total. The van der Waals surface area contributed by atoms with Gasteiger partial charge in [0.05, 0.1) is 6.33 Å². The summed E-state index contributed by atoms with van der Waals surface area (Å²) >= 11 is 0.822. The van der Waals surface area contributed by atoms with Gasteiger partial charge in [0.1, 0.15) is 0 Å². The van der Waals surface area contributed by atoms with E-state index in [0.717, 1.165) is 11.3 Å². The second kappa shape index (κ2) is 7.62. The summed E-state index contributed by atoms with van der Waals surface area (Å²) < 4.78 is 28.3. The zero-order chi connectivity index (χ0) is 16.9. The van der Waals surface area contributed by atoms with Crippen molar-refractivity contribution >= 4 is 32.4 Å². The second-order valence-electron chi connectivity index (χ2n) is 5.07. The zero-order valence-corrected chi connectivity index (χ0v) is 14.4. The molecule has 0 atom stereocenters. The fraction of sp³-hybridized carbons (Fsp3) is 0.500. The van der Waals surface area contributed by atoms with Crippen molar-refractivity contribution in [3.63, 3.8) is 0 Å². The first-order valence-corrected chi connectivity index (χ1v) is 9.28. The molecule has 11 heteroatoms. The molecule has 2 aromatic rings. The molecule has 2 heterocycles. The van der Waals surface area contributed by atoms with Crippen molar-refractivity contribution in [3.8, 4) is 0 Å². The van der Waals surface area contributed by atoms with Crippen LogP contribution in [0.5, 0.6) is 0 Å². The van der Waals surface area contributed by atoms with Crippen molar-refractivity contribution in [2.45, 2.75) is 31.2 Å². The molecule has 9 nitrogen and oxygen atoms in total. The van der Waals surface area contributed by atoms with E-state index in [2.05, 4.69) is 25.2 Å². The number of imidazole rings is 1. The first kappa shape index (κ1) is 17.5. The van der Waals surface area contributed by atoms with E-state index >= 15 is 0 Å². The lowest BCUT2D eigenvalue weighted by Crippen LogP contribution is -2.25. The van der Waals surface area contributed by atoms with Gasteiger partial charge in [-0.25, -0.2) is 18.1 Å². The molecule has 0 spiro atoms. The number of aromatic nitrogens is 4. The number of hydrogen-bond donors (Lipinski definition) is 2. The van der Waals surface area contributed by atoms with Gasteiger partial charge >= 0.3 is 0 Å². The molecule has 0 aromatic carbocycles. The van der Waals surface area contributed by atoms with Crippen LogP contribution >= 0.6 is 11.3 Å². The summed E-state index contributed by atoms with van der Waals surface area (Å²) in [4.78, 5) is 15.5. The van der Waals surface area contributed by atoms with Crippen LogP contribution in [-0.2, 0) is 21.4 Å². The lowest BCUT2D eigenvalue weighted by molar-refractivity contribution is -0.118. The normalized spacial score (nSPS) is 11.8. The van der Waals surface area contributed by atoms with Gasteiger partial charge < -0.3 is 9.88 Å². The van der Waals surface area contributed by atoms with Gasteiger partial charge in [0.2, 0.25) is 15.4 Å². The van der Waals surface area contributed by atoms with Gasteiger partial charge in [-0.3, -0.25) is 4.79 Å². The molecule has 0 saturated heterocycles. The standard InChI is InChI=1S/C12H18N6O3S2/c1-9(2)10(19)15-11-16-17-12(22-11)23(20,21)14-4-3-6-18-7-5-13-8-18/h5,7-9,14H,3-4,6H2,1-2H3,(H,15,16,19). The van der Waals surface area contributed by atoms with Crippen molar-refractivity contribution < 1.29 is 13.2 Å². The van der Waals surface area contributed by atoms with Crippen LogP contribution in [0.1, 0.15) is 20.3 Å². The molecule has 0 fully saturated rings. The maximum absolute atomic E-state index is 12.1. The highest BCUT2D eigenvalue weighted by molar-refractivity contribution is 7.91. The number of carbonyl (C=O) groups excluding carboxylic acids is 1. The molecule has 0 bridgehead atoms. The van der Waals surface area contributed by atoms with Gasteiger partial charge in [-0.2, -0.15) is 0 Å². The number of nitrogens with one attached hydrogen (secondary N) is 2. The molecule has 0 aliphatic rings. The summed E-state index contributed by atoms with van der Waals surface area (Å²) in [5.74, 6) is -0.460. The minimum absolute atomic E-state index is 0.167. The van der Waals surface area contributed by atoms with Gasteiger partial charge in [0.15, 0.2) is 0 Å². The molecular weight excluding hydrogens is 340 g/mol.